The minimum Gasteiger partial charge on any atom is -0.352 e. The summed E-state index contributed by atoms with van der Waals surface area (Å²) in [6.07, 6.45) is 1.16. The third-order valence-electron chi connectivity index (χ3n) is 3.85. The number of hydrogen-bond donors (Lipinski definition) is 2. The number of carbonyl (C=O) groups excluding carboxylic acids is 3. The van der Waals surface area contributed by atoms with Crippen molar-refractivity contribution in [1.82, 2.24) is 10.2 Å². The summed E-state index contributed by atoms with van der Waals surface area (Å²) in [4.78, 5) is 39.1. The maximum Gasteiger partial charge on any atom is 0.254 e. The Morgan fingerprint density at radius 1 is 1.32 bits per heavy atom. The van der Waals surface area contributed by atoms with Crippen LogP contribution in [-0.2, 0) is 9.59 Å². The molecule has 0 aliphatic carbocycles. The molecule has 25 heavy (non-hydrogen) atoms. The Kier molecular flexibility index (Phi) is 4.95. The highest BCUT2D eigenvalue weighted by atomic mass is 32.1. The predicted molar refractivity (Wildman–Crippen MR) is 96.4 cm³/mol. The second-order valence-electron chi connectivity index (χ2n) is 5.48. The van der Waals surface area contributed by atoms with Gasteiger partial charge in [-0.05, 0) is 35.7 Å². The minimum absolute atomic E-state index is 0.182. The topological polar surface area (TPSA) is 78.5 Å². The summed E-state index contributed by atoms with van der Waals surface area (Å²) < 4.78 is 0. The zero-order valence-corrected chi connectivity index (χ0v) is 14.2. The molecule has 3 amide bonds. The smallest absolute Gasteiger partial charge is 0.254 e. The lowest BCUT2D eigenvalue weighted by molar-refractivity contribution is -0.128. The van der Waals surface area contributed by atoms with E-state index in [1.165, 1.54) is 11.3 Å². The second kappa shape index (κ2) is 7.31. The van der Waals surface area contributed by atoms with E-state index in [4.69, 9.17) is 0 Å². The molecule has 7 heteroatoms. The number of hydrogen-bond acceptors (Lipinski definition) is 4. The number of amides is 3. The highest BCUT2D eigenvalue weighted by Gasteiger charge is 2.35. The minimum atomic E-state index is -0.632. The molecule has 0 spiro atoms. The fraction of sp³-hybridized carbons (Fsp3) is 0.167. The molecule has 1 aliphatic rings. The lowest BCUT2D eigenvalue weighted by Crippen LogP contribution is -2.51. The van der Waals surface area contributed by atoms with Crippen LogP contribution in [0.25, 0.3) is 0 Å². The Morgan fingerprint density at radius 3 is 2.88 bits per heavy atom. The lowest BCUT2D eigenvalue weighted by Gasteiger charge is -2.34. The first kappa shape index (κ1) is 16.9. The van der Waals surface area contributed by atoms with Gasteiger partial charge in [-0.15, -0.1) is 11.3 Å². The average Bonchev–Trinajstić information content (AvgIpc) is 3.15. The number of nitrogens with one attached hydrogen (secondary N) is 2. The zero-order chi connectivity index (χ0) is 17.8. The van der Waals surface area contributed by atoms with Crippen molar-refractivity contribution in [2.45, 2.75) is 6.04 Å². The lowest BCUT2D eigenvalue weighted by atomic mass is 10.1. The van der Waals surface area contributed by atoms with Gasteiger partial charge >= 0.3 is 0 Å². The van der Waals surface area contributed by atoms with Crippen LogP contribution < -0.4 is 10.6 Å². The van der Waals surface area contributed by atoms with Crippen molar-refractivity contribution in [2.24, 2.45) is 0 Å². The Hall–Kier alpha value is -2.93. The maximum atomic E-state index is 13.0. The van der Waals surface area contributed by atoms with E-state index >= 15 is 0 Å². The highest BCUT2D eigenvalue weighted by molar-refractivity contribution is 7.10. The quantitative estimate of drug-likeness (QED) is 0.825. The first-order valence-electron chi connectivity index (χ1n) is 7.75. The number of benzene rings is 1. The summed E-state index contributed by atoms with van der Waals surface area (Å²) >= 11 is 1.44. The fourth-order valence-corrected chi connectivity index (χ4v) is 3.54. The van der Waals surface area contributed by atoms with Crippen LogP contribution >= 0.6 is 11.3 Å². The summed E-state index contributed by atoms with van der Waals surface area (Å²) in [5.41, 5.74) is 0.919. The predicted octanol–water partition coefficient (Wildman–Crippen LogP) is 2.19. The molecule has 0 radical (unpaired) electrons. The van der Waals surface area contributed by atoms with Crippen LogP contribution in [-0.4, -0.2) is 35.7 Å². The van der Waals surface area contributed by atoms with Gasteiger partial charge in [-0.2, -0.15) is 0 Å². The molecule has 1 aliphatic heterocycles. The van der Waals surface area contributed by atoms with Gasteiger partial charge in [-0.1, -0.05) is 18.7 Å². The van der Waals surface area contributed by atoms with Crippen molar-refractivity contribution in [2.75, 3.05) is 18.4 Å². The van der Waals surface area contributed by atoms with E-state index in [2.05, 4.69) is 17.2 Å². The molecule has 1 aromatic heterocycles. The summed E-state index contributed by atoms with van der Waals surface area (Å²) in [7, 11) is 0. The molecule has 1 saturated heterocycles. The Morgan fingerprint density at radius 2 is 2.16 bits per heavy atom. The molecule has 1 unspecified atom stereocenters. The number of piperazine rings is 1. The first-order chi connectivity index (χ1) is 12.1. The third kappa shape index (κ3) is 3.61. The van der Waals surface area contributed by atoms with Gasteiger partial charge in [-0.3, -0.25) is 14.4 Å². The van der Waals surface area contributed by atoms with Crippen molar-refractivity contribution >= 4 is 34.7 Å². The van der Waals surface area contributed by atoms with Crippen LogP contribution in [0.1, 0.15) is 21.3 Å². The molecule has 128 valence electrons. The van der Waals surface area contributed by atoms with Gasteiger partial charge in [0, 0.05) is 29.2 Å². The van der Waals surface area contributed by atoms with E-state index in [-0.39, 0.29) is 17.7 Å². The molecule has 6 nitrogen and oxygen atoms in total. The van der Waals surface area contributed by atoms with Crippen LogP contribution in [0.15, 0.2) is 54.4 Å². The normalized spacial score (nSPS) is 16.9. The maximum absolute atomic E-state index is 13.0. The van der Waals surface area contributed by atoms with Crippen molar-refractivity contribution < 1.29 is 14.4 Å². The Bertz CT molecular complexity index is 817. The third-order valence-corrected chi connectivity index (χ3v) is 4.77. The molecular formula is C18H17N3O3S. The van der Waals surface area contributed by atoms with Crippen LogP contribution in [0.3, 0.4) is 0 Å². The van der Waals surface area contributed by atoms with Crippen LogP contribution in [0.2, 0.25) is 0 Å². The van der Waals surface area contributed by atoms with Crippen LogP contribution in [0.5, 0.6) is 0 Å². The molecule has 2 heterocycles. The van der Waals surface area contributed by atoms with Gasteiger partial charge in [-0.25, -0.2) is 0 Å². The van der Waals surface area contributed by atoms with Crippen molar-refractivity contribution in [3.05, 3.63) is 64.9 Å². The van der Waals surface area contributed by atoms with Gasteiger partial charge in [0.05, 0.1) is 0 Å². The molecular weight excluding hydrogens is 338 g/mol. The van der Waals surface area contributed by atoms with Crippen LogP contribution in [0.4, 0.5) is 5.69 Å². The summed E-state index contributed by atoms with van der Waals surface area (Å²) in [5.74, 6) is -0.778. The van der Waals surface area contributed by atoms with E-state index in [1.54, 1.807) is 29.2 Å². The molecule has 2 aromatic rings. The molecule has 0 bridgehead atoms. The molecule has 3 rings (SSSR count). The van der Waals surface area contributed by atoms with Gasteiger partial charge in [0.15, 0.2) is 0 Å². The zero-order valence-electron chi connectivity index (χ0n) is 13.4. The number of carbonyl (C=O) groups is 3. The van der Waals surface area contributed by atoms with Crippen molar-refractivity contribution in [3.8, 4) is 0 Å². The van der Waals surface area contributed by atoms with Crippen molar-refractivity contribution in [1.29, 1.82) is 0 Å². The van der Waals surface area contributed by atoms with E-state index < -0.39 is 6.04 Å². The number of nitrogens with zero attached hydrogens (tertiary/aromatic N) is 1. The first-order valence-corrected chi connectivity index (χ1v) is 8.63. The second-order valence-corrected chi connectivity index (χ2v) is 6.46. The van der Waals surface area contributed by atoms with Gasteiger partial charge in [0.2, 0.25) is 11.8 Å². The standard InChI is InChI=1S/C18H17N3O3S/c1-2-15(22)20-13-6-3-5-12(11-13)18(24)21-9-8-19-17(23)16(21)14-7-4-10-25-14/h2-7,10-11,16H,1,8-9H2,(H,19,23)(H,20,22). The number of thiophene rings is 1. The van der Waals surface area contributed by atoms with E-state index in [0.29, 0.717) is 24.3 Å². The van der Waals surface area contributed by atoms with Gasteiger partial charge in [0.25, 0.3) is 5.91 Å². The summed E-state index contributed by atoms with van der Waals surface area (Å²) in [6.45, 7) is 4.25. The Labute approximate surface area is 149 Å². The molecule has 1 atom stereocenters. The molecule has 1 fully saturated rings. The SMILES string of the molecule is C=CC(=O)Nc1cccc(C(=O)N2CCNC(=O)C2c2cccs2)c1. The van der Waals surface area contributed by atoms with Crippen LogP contribution in [0, 0.1) is 0 Å². The monoisotopic (exact) mass is 355 g/mol. The van der Waals surface area contributed by atoms with Crippen molar-refractivity contribution in [3.63, 3.8) is 0 Å². The largest absolute Gasteiger partial charge is 0.352 e. The fourth-order valence-electron chi connectivity index (χ4n) is 2.70. The van der Waals surface area contributed by atoms with E-state index in [0.717, 1.165) is 11.0 Å². The molecule has 2 N–H and O–H groups in total. The molecule has 0 saturated carbocycles. The van der Waals surface area contributed by atoms with E-state index in [9.17, 15) is 14.4 Å². The Balaban J connectivity index is 1.88. The van der Waals surface area contributed by atoms with Gasteiger partial charge in [0.1, 0.15) is 6.04 Å². The number of anilines is 1. The van der Waals surface area contributed by atoms with E-state index in [1.807, 2.05) is 17.5 Å². The average molecular weight is 355 g/mol. The molecule has 1 aromatic carbocycles. The summed E-state index contributed by atoms with van der Waals surface area (Å²) in [5, 5.41) is 7.32. The summed E-state index contributed by atoms with van der Waals surface area (Å²) in [6, 6.07) is 9.73. The van der Waals surface area contributed by atoms with Gasteiger partial charge < -0.3 is 15.5 Å². The number of rotatable bonds is 4. The highest BCUT2D eigenvalue weighted by Crippen LogP contribution is 2.28.